The molecule has 1 aliphatic heterocycles. The second-order valence-corrected chi connectivity index (χ2v) is 7.03. The number of aryl methyl sites for hydroxylation is 1. The number of methoxy groups -OCH3 is 1. The molecule has 4 rings (SSSR count). The number of nitrogens with one attached hydrogen (secondary N) is 1. The van der Waals surface area contributed by atoms with Crippen LogP contribution in [0.25, 0.3) is 22.3 Å². The number of halogens is 1. The molecule has 1 aliphatic rings. The number of benzene rings is 1. The van der Waals surface area contributed by atoms with Crippen LogP contribution in [-0.4, -0.2) is 35.1 Å². The number of rotatable bonds is 5. The molecule has 2 aromatic heterocycles. The lowest BCUT2D eigenvalue weighted by Crippen LogP contribution is -2.26. The van der Waals surface area contributed by atoms with E-state index in [0.717, 1.165) is 16.5 Å². The van der Waals surface area contributed by atoms with Gasteiger partial charge in [-0.1, -0.05) is 0 Å². The van der Waals surface area contributed by atoms with Gasteiger partial charge in [0, 0.05) is 42.3 Å². The number of carbonyl (C=O) groups excluding carboxylic acids is 1. The van der Waals surface area contributed by atoms with Crippen molar-refractivity contribution in [3.05, 3.63) is 56.6 Å². The van der Waals surface area contributed by atoms with E-state index in [1.165, 1.54) is 13.2 Å². The van der Waals surface area contributed by atoms with Gasteiger partial charge in [0.15, 0.2) is 6.29 Å². The van der Waals surface area contributed by atoms with Crippen LogP contribution in [-0.2, 0) is 22.7 Å². The van der Waals surface area contributed by atoms with Crippen molar-refractivity contribution in [1.29, 1.82) is 0 Å². The first-order valence-corrected chi connectivity index (χ1v) is 9.11. The van der Waals surface area contributed by atoms with Crippen LogP contribution in [0, 0.1) is 12.7 Å². The summed E-state index contributed by atoms with van der Waals surface area (Å²) >= 11 is 0. The lowest BCUT2D eigenvalue weighted by Gasteiger charge is -2.14. The van der Waals surface area contributed by atoms with Gasteiger partial charge in [0.25, 0.3) is 5.56 Å². The number of pyridine rings is 2. The summed E-state index contributed by atoms with van der Waals surface area (Å²) in [5.41, 5.74) is 3.71. The van der Waals surface area contributed by atoms with Crippen LogP contribution in [0.5, 0.6) is 0 Å². The summed E-state index contributed by atoms with van der Waals surface area (Å²) in [6, 6.07) is 4.66. The minimum atomic E-state index is -1.44. The zero-order valence-corrected chi connectivity index (χ0v) is 16.2. The summed E-state index contributed by atoms with van der Waals surface area (Å²) in [5, 5.41) is 13.7. The zero-order chi connectivity index (χ0) is 20.9. The Morgan fingerprint density at radius 3 is 2.83 bits per heavy atom. The third kappa shape index (κ3) is 2.83. The molecule has 0 bridgehead atoms. The Morgan fingerprint density at radius 2 is 2.17 bits per heavy atom. The topological polar surface area (TPSA) is 93.5 Å². The normalized spacial score (nSPS) is 13.3. The van der Waals surface area contributed by atoms with Crippen LogP contribution >= 0.6 is 0 Å². The monoisotopic (exact) mass is 397 g/mol. The molecule has 7 nitrogen and oxygen atoms in total. The molecule has 3 aromatic rings. The van der Waals surface area contributed by atoms with Crippen LogP contribution < -0.4 is 10.9 Å². The van der Waals surface area contributed by atoms with E-state index in [1.807, 2.05) is 6.92 Å². The Balaban J connectivity index is 2.02. The molecule has 29 heavy (non-hydrogen) atoms. The summed E-state index contributed by atoms with van der Waals surface area (Å²) < 4.78 is 20.9. The number of fused-ring (bicyclic) bond motifs is 4. The highest BCUT2D eigenvalue weighted by molar-refractivity contribution is 5.90. The van der Waals surface area contributed by atoms with Gasteiger partial charge in [-0.2, -0.15) is 0 Å². The number of ether oxygens (including phenoxy) is 1. The van der Waals surface area contributed by atoms with Crippen LogP contribution in [0.3, 0.4) is 0 Å². The van der Waals surface area contributed by atoms with Gasteiger partial charge < -0.3 is 24.5 Å². The maximum absolute atomic E-state index is 14.3. The maximum atomic E-state index is 14.3. The van der Waals surface area contributed by atoms with Gasteiger partial charge in [0.05, 0.1) is 35.7 Å². The number of carbonyl (C=O) groups is 1. The lowest BCUT2D eigenvalue weighted by molar-refractivity contribution is -0.115. The van der Waals surface area contributed by atoms with Crippen molar-refractivity contribution < 1.29 is 19.0 Å². The third-order valence-electron chi connectivity index (χ3n) is 5.46. The first kappa shape index (κ1) is 19.2. The van der Waals surface area contributed by atoms with Crippen molar-refractivity contribution in [1.82, 2.24) is 9.55 Å². The highest BCUT2D eigenvalue weighted by Crippen LogP contribution is 2.37. The second kappa shape index (κ2) is 7.06. The molecule has 150 valence electrons. The van der Waals surface area contributed by atoms with E-state index in [4.69, 9.17) is 4.74 Å². The minimum Gasteiger partial charge on any atom is -0.386 e. The SMILES string of the molecule is CNc1cc2c(C)c3c(nc2cc1F)-c1cc(C(O)C=O)c(COC)c(=O)n1C3. The number of hydrogen-bond acceptors (Lipinski definition) is 6. The third-order valence-corrected chi connectivity index (χ3v) is 5.46. The largest absolute Gasteiger partial charge is 0.386 e. The number of nitrogens with zero attached hydrogens (tertiary/aromatic N) is 2. The number of aldehydes is 1. The van der Waals surface area contributed by atoms with Crippen LogP contribution in [0.1, 0.15) is 28.4 Å². The molecule has 0 amide bonds. The summed E-state index contributed by atoms with van der Waals surface area (Å²) in [6.45, 7) is 2.19. The van der Waals surface area contributed by atoms with Crippen LogP contribution in [0.2, 0.25) is 0 Å². The van der Waals surface area contributed by atoms with E-state index >= 15 is 0 Å². The van der Waals surface area contributed by atoms with Gasteiger partial charge in [-0.05, 0) is 24.6 Å². The molecule has 2 N–H and O–H groups in total. The van der Waals surface area contributed by atoms with E-state index in [-0.39, 0.29) is 23.3 Å². The molecule has 1 aromatic carbocycles. The predicted molar refractivity (Wildman–Crippen MR) is 107 cm³/mol. The van der Waals surface area contributed by atoms with Crippen molar-refractivity contribution in [2.24, 2.45) is 0 Å². The van der Waals surface area contributed by atoms with Gasteiger partial charge in [-0.15, -0.1) is 0 Å². The van der Waals surface area contributed by atoms with Gasteiger partial charge in [-0.3, -0.25) is 4.79 Å². The quantitative estimate of drug-likeness (QED) is 0.502. The van der Waals surface area contributed by atoms with Crippen molar-refractivity contribution in [3.8, 4) is 11.4 Å². The van der Waals surface area contributed by atoms with Gasteiger partial charge in [0.1, 0.15) is 11.9 Å². The Labute approximate surface area is 165 Å². The van der Waals surface area contributed by atoms with E-state index in [9.17, 15) is 19.1 Å². The highest BCUT2D eigenvalue weighted by atomic mass is 19.1. The molecule has 1 unspecified atom stereocenters. The number of hydrogen-bond donors (Lipinski definition) is 2. The molecule has 8 heteroatoms. The first-order chi connectivity index (χ1) is 13.9. The molecule has 0 radical (unpaired) electrons. The fourth-order valence-electron chi connectivity index (χ4n) is 3.93. The number of aliphatic hydroxyl groups is 1. The standard InChI is InChI=1S/C21H20FN3O4/c1-10-11-4-17(23-2)15(22)6-16(11)24-20-13(10)7-25-18(20)5-12(19(27)8-26)14(9-29-3)21(25)28/h4-6,8,19,23,27H,7,9H2,1-3H3. The average molecular weight is 397 g/mol. The average Bonchev–Trinajstić information content (AvgIpc) is 3.08. The molecular formula is C21H20FN3O4. The lowest BCUT2D eigenvalue weighted by atomic mass is 10.00. The molecule has 0 aliphatic carbocycles. The number of aromatic nitrogens is 2. The highest BCUT2D eigenvalue weighted by Gasteiger charge is 2.28. The fourth-order valence-corrected chi connectivity index (χ4v) is 3.93. The van der Waals surface area contributed by atoms with Crippen molar-refractivity contribution >= 4 is 22.9 Å². The number of anilines is 1. The smallest absolute Gasteiger partial charge is 0.257 e. The molecule has 3 heterocycles. The summed E-state index contributed by atoms with van der Waals surface area (Å²) in [6.07, 6.45) is -1.07. The molecule has 0 saturated carbocycles. The van der Waals surface area contributed by atoms with E-state index < -0.39 is 11.9 Å². The van der Waals surface area contributed by atoms with Crippen molar-refractivity contribution in [2.45, 2.75) is 26.2 Å². The zero-order valence-electron chi connectivity index (χ0n) is 16.2. The van der Waals surface area contributed by atoms with Crippen LogP contribution in [0.15, 0.2) is 23.0 Å². The molecule has 0 spiro atoms. The van der Waals surface area contributed by atoms with Crippen LogP contribution in [0.4, 0.5) is 10.1 Å². The minimum absolute atomic E-state index is 0.0270. The molecule has 0 fully saturated rings. The summed E-state index contributed by atoms with van der Waals surface area (Å²) in [7, 11) is 3.09. The summed E-state index contributed by atoms with van der Waals surface area (Å²) in [5.74, 6) is -0.422. The Morgan fingerprint density at radius 1 is 1.41 bits per heavy atom. The predicted octanol–water partition coefficient (Wildman–Crippen LogP) is 2.29. The van der Waals surface area contributed by atoms with Crippen molar-refractivity contribution in [2.75, 3.05) is 19.5 Å². The van der Waals surface area contributed by atoms with Gasteiger partial charge in [0.2, 0.25) is 0 Å². The Hall–Kier alpha value is -3.10. The fraction of sp³-hybridized carbons (Fsp3) is 0.286. The second-order valence-electron chi connectivity index (χ2n) is 7.03. The Bertz CT molecular complexity index is 1220. The molecular weight excluding hydrogens is 377 g/mol. The first-order valence-electron chi connectivity index (χ1n) is 9.11. The Kier molecular flexibility index (Phi) is 4.68. The summed E-state index contributed by atoms with van der Waals surface area (Å²) in [4.78, 5) is 28.9. The molecule has 1 atom stereocenters. The van der Waals surface area contributed by atoms with E-state index in [0.29, 0.717) is 35.4 Å². The number of aliphatic hydroxyl groups excluding tert-OH is 1. The van der Waals surface area contributed by atoms with Gasteiger partial charge in [-0.25, -0.2) is 9.37 Å². The maximum Gasteiger partial charge on any atom is 0.257 e. The van der Waals surface area contributed by atoms with E-state index in [2.05, 4.69) is 10.3 Å². The van der Waals surface area contributed by atoms with E-state index in [1.54, 1.807) is 23.7 Å². The molecule has 0 saturated heterocycles. The van der Waals surface area contributed by atoms with Gasteiger partial charge >= 0.3 is 0 Å². The van der Waals surface area contributed by atoms with Crippen molar-refractivity contribution in [3.63, 3.8) is 0 Å².